The van der Waals surface area contributed by atoms with Gasteiger partial charge in [0.1, 0.15) is 0 Å². The SMILES string of the molecule is CCN1CCCc2cc(CN(CCN3CCOCC3)C(=S)Nc3cccc(C(F)(F)F)c3)ccc21. The first-order valence-corrected chi connectivity index (χ1v) is 12.6. The Balaban J connectivity index is 1.50. The van der Waals surface area contributed by atoms with Crippen molar-refractivity contribution in [1.82, 2.24) is 9.80 Å². The van der Waals surface area contributed by atoms with Crippen LogP contribution in [0.2, 0.25) is 0 Å². The van der Waals surface area contributed by atoms with Gasteiger partial charge in [0.05, 0.1) is 18.8 Å². The molecule has 9 heteroatoms. The minimum absolute atomic E-state index is 0.338. The lowest BCUT2D eigenvalue weighted by Crippen LogP contribution is -2.44. The molecule has 35 heavy (non-hydrogen) atoms. The predicted octanol–water partition coefficient (Wildman–Crippen LogP) is 5.01. The lowest BCUT2D eigenvalue weighted by Gasteiger charge is -2.33. The molecule has 0 bridgehead atoms. The summed E-state index contributed by atoms with van der Waals surface area (Å²) in [5.41, 5.74) is 3.44. The van der Waals surface area contributed by atoms with E-state index in [0.717, 1.165) is 63.3 Å². The molecule has 4 rings (SSSR count). The highest BCUT2D eigenvalue weighted by Gasteiger charge is 2.30. The van der Waals surface area contributed by atoms with Crippen LogP contribution in [0.15, 0.2) is 42.5 Å². The molecule has 0 aliphatic carbocycles. The van der Waals surface area contributed by atoms with E-state index in [-0.39, 0.29) is 0 Å². The molecule has 0 atom stereocenters. The molecule has 0 radical (unpaired) electrons. The first-order chi connectivity index (χ1) is 16.8. The average Bonchev–Trinajstić information content (AvgIpc) is 2.86. The predicted molar refractivity (Wildman–Crippen MR) is 138 cm³/mol. The smallest absolute Gasteiger partial charge is 0.379 e. The van der Waals surface area contributed by atoms with Crippen molar-refractivity contribution in [2.24, 2.45) is 0 Å². The highest BCUT2D eigenvalue weighted by Crippen LogP contribution is 2.31. The maximum absolute atomic E-state index is 13.2. The van der Waals surface area contributed by atoms with Crippen molar-refractivity contribution < 1.29 is 17.9 Å². The van der Waals surface area contributed by atoms with Crippen molar-refractivity contribution in [1.29, 1.82) is 0 Å². The molecule has 2 heterocycles. The topological polar surface area (TPSA) is 31.0 Å². The molecule has 2 aromatic rings. The van der Waals surface area contributed by atoms with Gasteiger partial charge in [-0.2, -0.15) is 13.2 Å². The molecule has 5 nitrogen and oxygen atoms in total. The van der Waals surface area contributed by atoms with Gasteiger partial charge in [0.15, 0.2) is 5.11 Å². The molecular weight excluding hydrogens is 473 g/mol. The summed E-state index contributed by atoms with van der Waals surface area (Å²) < 4.78 is 45.0. The van der Waals surface area contributed by atoms with Crippen LogP contribution in [-0.4, -0.2) is 67.4 Å². The summed E-state index contributed by atoms with van der Waals surface area (Å²) in [6, 6.07) is 11.8. The van der Waals surface area contributed by atoms with E-state index in [4.69, 9.17) is 17.0 Å². The van der Waals surface area contributed by atoms with Crippen LogP contribution in [0, 0.1) is 0 Å². The first-order valence-electron chi connectivity index (χ1n) is 12.2. The minimum atomic E-state index is -4.40. The monoisotopic (exact) mass is 506 g/mol. The molecule has 1 saturated heterocycles. The number of aryl methyl sites for hydroxylation is 1. The second-order valence-corrected chi connectivity index (χ2v) is 9.42. The lowest BCUT2D eigenvalue weighted by molar-refractivity contribution is -0.137. The van der Waals surface area contributed by atoms with Gasteiger partial charge in [0, 0.05) is 57.2 Å². The fourth-order valence-corrected chi connectivity index (χ4v) is 4.96. The molecule has 0 spiro atoms. The van der Waals surface area contributed by atoms with E-state index in [1.807, 2.05) is 4.90 Å². The number of nitrogens with zero attached hydrogens (tertiary/aromatic N) is 3. The summed E-state index contributed by atoms with van der Waals surface area (Å²) in [7, 11) is 0. The number of alkyl halides is 3. The van der Waals surface area contributed by atoms with Crippen LogP contribution in [0.5, 0.6) is 0 Å². The van der Waals surface area contributed by atoms with Crippen molar-refractivity contribution >= 4 is 28.7 Å². The number of anilines is 2. The van der Waals surface area contributed by atoms with Crippen LogP contribution in [0.3, 0.4) is 0 Å². The molecule has 190 valence electrons. The third kappa shape index (κ3) is 6.86. The highest BCUT2D eigenvalue weighted by molar-refractivity contribution is 7.80. The second-order valence-electron chi connectivity index (χ2n) is 9.03. The Morgan fingerprint density at radius 1 is 1.11 bits per heavy atom. The number of benzene rings is 2. The van der Waals surface area contributed by atoms with Crippen molar-refractivity contribution in [3.8, 4) is 0 Å². The van der Waals surface area contributed by atoms with E-state index in [2.05, 4.69) is 40.2 Å². The quantitative estimate of drug-likeness (QED) is 0.532. The van der Waals surface area contributed by atoms with E-state index in [1.54, 1.807) is 6.07 Å². The van der Waals surface area contributed by atoms with Gasteiger partial charge in [-0.05, 0) is 67.4 Å². The van der Waals surface area contributed by atoms with Crippen molar-refractivity contribution in [2.45, 2.75) is 32.5 Å². The summed E-state index contributed by atoms with van der Waals surface area (Å²) >= 11 is 5.70. The molecule has 0 unspecified atom stereocenters. The van der Waals surface area contributed by atoms with Gasteiger partial charge < -0.3 is 19.9 Å². The van der Waals surface area contributed by atoms with E-state index in [9.17, 15) is 13.2 Å². The van der Waals surface area contributed by atoms with Crippen molar-refractivity contribution in [2.75, 3.05) is 62.7 Å². The van der Waals surface area contributed by atoms with Gasteiger partial charge in [-0.3, -0.25) is 4.90 Å². The molecule has 0 amide bonds. The van der Waals surface area contributed by atoms with E-state index < -0.39 is 11.7 Å². The Kier molecular flexibility index (Phi) is 8.51. The largest absolute Gasteiger partial charge is 0.416 e. The molecule has 0 aromatic heterocycles. The van der Waals surface area contributed by atoms with Crippen molar-refractivity contribution in [3.05, 3.63) is 59.2 Å². The lowest BCUT2D eigenvalue weighted by atomic mass is 9.99. The Labute approximate surface area is 210 Å². The number of nitrogens with one attached hydrogen (secondary N) is 1. The van der Waals surface area contributed by atoms with Gasteiger partial charge in [-0.15, -0.1) is 0 Å². The molecule has 1 N–H and O–H groups in total. The zero-order valence-electron chi connectivity index (χ0n) is 20.1. The number of hydrogen-bond donors (Lipinski definition) is 1. The Bertz CT molecular complexity index is 1010. The summed E-state index contributed by atoms with van der Waals surface area (Å²) in [5, 5.41) is 3.47. The first kappa shape index (κ1) is 25.7. The normalized spacial score (nSPS) is 16.6. The van der Waals surface area contributed by atoms with E-state index in [0.29, 0.717) is 37.1 Å². The number of fused-ring (bicyclic) bond motifs is 1. The summed E-state index contributed by atoms with van der Waals surface area (Å²) in [6.45, 7) is 9.48. The fourth-order valence-electron chi connectivity index (χ4n) is 4.69. The third-order valence-corrected chi connectivity index (χ3v) is 6.99. The number of halogens is 3. The van der Waals surface area contributed by atoms with E-state index >= 15 is 0 Å². The van der Waals surface area contributed by atoms with Crippen LogP contribution >= 0.6 is 12.2 Å². The van der Waals surface area contributed by atoms with Crippen molar-refractivity contribution in [3.63, 3.8) is 0 Å². The second kappa shape index (κ2) is 11.6. The van der Waals surface area contributed by atoms with Gasteiger partial charge >= 0.3 is 6.18 Å². The van der Waals surface area contributed by atoms with Gasteiger partial charge in [-0.1, -0.05) is 18.2 Å². The van der Waals surface area contributed by atoms with Gasteiger partial charge in [0.25, 0.3) is 0 Å². The maximum atomic E-state index is 13.2. The standard InChI is InChI=1S/C26H33F3N4OS/c1-2-32-10-4-5-21-17-20(8-9-24(21)32)19-33(12-11-31-13-15-34-16-14-31)25(35)30-23-7-3-6-22(18-23)26(27,28)29/h3,6-9,17-18H,2,4-5,10-16,19H2,1H3,(H,30,35). The summed E-state index contributed by atoms with van der Waals surface area (Å²) in [6.07, 6.45) is -2.20. The zero-order valence-corrected chi connectivity index (χ0v) is 20.9. The Hall–Kier alpha value is -2.36. The van der Waals surface area contributed by atoms with Gasteiger partial charge in [-0.25, -0.2) is 0 Å². The summed E-state index contributed by atoms with van der Waals surface area (Å²) in [5.74, 6) is 0. The molecule has 2 aliphatic heterocycles. The third-order valence-electron chi connectivity index (χ3n) is 6.63. The summed E-state index contributed by atoms with van der Waals surface area (Å²) in [4.78, 5) is 6.78. The molecule has 2 aromatic carbocycles. The van der Waals surface area contributed by atoms with Crippen LogP contribution in [0.4, 0.5) is 24.5 Å². The molecule has 2 aliphatic rings. The number of ether oxygens (including phenoxy) is 1. The molecular formula is C26H33F3N4OS. The Morgan fingerprint density at radius 3 is 2.66 bits per heavy atom. The van der Waals surface area contributed by atoms with Crippen LogP contribution in [-0.2, 0) is 23.9 Å². The molecule has 0 saturated carbocycles. The van der Waals surface area contributed by atoms with Crippen LogP contribution < -0.4 is 10.2 Å². The Morgan fingerprint density at radius 2 is 1.91 bits per heavy atom. The fraction of sp³-hybridized carbons (Fsp3) is 0.500. The van der Waals surface area contributed by atoms with Crippen LogP contribution in [0.25, 0.3) is 0 Å². The average molecular weight is 507 g/mol. The highest BCUT2D eigenvalue weighted by atomic mass is 32.1. The zero-order chi connectivity index (χ0) is 24.8. The number of hydrogen-bond acceptors (Lipinski definition) is 4. The van der Waals surface area contributed by atoms with E-state index in [1.165, 1.54) is 17.3 Å². The maximum Gasteiger partial charge on any atom is 0.416 e. The minimum Gasteiger partial charge on any atom is -0.379 e. The molecule has 1 fully saturated rings. The number of rotatable bonds is 7. The number of thiocarbonyl (C=S) groups is 1. The van der Waals surface area contributed by atoms with Gasteiger partial charge in [0.2, 0.25) is 0 Å². The number of morpholine rings is 1. The van der Waals surface area contributed by atoms with Crippen LogP contribution in [0.1, 0.15) is 30.0 Å².